The van der Waals surface area contributed by atoms with Crippen LogP contribution in [0.3, 0.4) is 0 Å². The Morgan fingerprint density at radius 2 is 1.78 bits per heavy atom. The van der Waals surface area contributed by atoms with Crippen LogP contribution in [-0.4, -0.2) is 28.7 Å². The van der Waals surface area contributed by atoms with E-state index in [9.17, 15) is 4.79 Å². The molecular weight excluding hydrogens is 426 g/mol. The first-order chi connectivity index (χ1) is 8.45. The highest BCUT2D eigenvalue weighted by Crippen LogP contribution is 2.21. The highest BCUT2D eigenvalue weighted by molar-refractivity contribution is 9.11. The van der Waals surface area contributed by atoms with Crippen LogP contribution in [0.1, 0.15) is 30.6 Å². The molecule has 1 rings (SSSR count). The smallest absolute Gasteiger partial charge is 0.254 e. The van der Waals surface area contributed by atoms with Gasteiger partial charge in [-0.05, 0) is 38.5 Å². The van der Waals surface area contributed by atoms with Gasteiger partial charge in [-0.1, -0.05) is 47.8 Å². The van der Waals surface area contributed by atoms with Crippen molar-refractivity contribution in [1.82, 2.24) is 4.90 Å². The normalized spacial score (nSPS) is 10.8. The van der Waals surface area contributed by atoms with E-state index in [0.29, 0.717) is 5.56 Å². The standard InChI is InChI=1S/C13H16Br3NO/c1-9(2)17(5-3-4-14)13(18)10-6-11(15)8-12(16)7-10/h6-9H,3-5H2,1-2H3. The van der Waals surface area contributed by atoms with E-state index in [1.807, 2.05) is 36.9 Å². The van der Waals surface area contributed by atoms with Gasteiger partial charge in [0.25, 0.3) is 5.91 Å². The average molecular weight is 442 g/mol. The van der Waals surface area contributed by atoms with Gasteiger partial charge < -0.3 is 4.90 Å². The molecule has 0 saturated heterocycles. The Balaban J connectivity index is 2.94. The summed E-state index contributed by atoms with van der Waals surface area (Å²) in [5.74, 6) is 0.0768. The number of halogens is 3. The maximum absolute atomic E-state index is 12.5. The van der Waals surface area contributed by atoms with Gasteiger partial charge in [0.1, 0.15) is 0 Å². The van der Waals surface area contributed by atoms with Gasteiger partial charge in [-0.25, -0.2) is 0 Å². The summed E-state index contributed by atoms with van der Waals surface area (Å²) >= 11 is 10.2. The Hall–Kier alpha value is 0.130. The Labute approximate surface area is 134 Å². The zero-order chi connectivity index (χ0) is 13.7. The second-order valence-corrected chi connectivity index (χ2v) is 6.92. The zero-order valence-electron chi connectivity index (χ0n) is 10.4. The third kappa shape index (κ3) is 4.67. The molecule has 5 heteroatoms. The third-order valence-electron chi connectivity index (χ3n) is 2.53. The largest absolute Gasteiger partial charge is 0.336 e. The fourth-order valence-corrected chi connectivity index (χ4v) is 3.21. The first-order valence-electron chi connectivity index (χ1n) is 5.78. The van der Waals surface area contributed by atoms with Crippen molar-refractivity contribution in [3.05, 3.63) is 32.7 Å². The summed E-state index contributed by atoms with van der Waals surface area (Å²) in [6.07, 6.45) is 0.957. The molecule has 0 heterocycles. The molecule has 0 spiro atoms. The average Bonchev–Trinajstić information content (AvgIpc) is 2.27. The number of benzene rings is 1. The van der Waals surface area contributed by atoms with Crippen LogP contribution in [-0.2, 0) is 0 Å². The Morgan fingerprint density at radius 3 is 2.22 bits per heavy atom. The van der Waals surface area contributed by atoms with E-state index in [4.69, 9.17) is 0 Å². The second-order valence-electron chi connectivity index (χ2n) is 4.29. The number of hydrogen-bond donors (Lipinski definition) is 0. The lowest BCUT2D eigenvalue weighted by Crippen LogP contribution is -2.37. The van der Waals surface area contributed by atoms with E-state index in [0.717, 1.165) is 27.2 Å². The lowest BCUT2D eigenvalue weighted by atomic mass is 10.1. The minimum atomic E-state index is 0.0768. The number of carbonyl (C=O) groups excluding carboxylic acids is 1. The van der Waals surface area contributed by atoms with Crippen molar-refractivity contribution in [2.75, 3.05) is 11.9 Å². The van der Waals surface area contributed by atoms with Crippen molar-refractivity contribution in [3.63, 3.8) is 0 Å². The second kappa shape index (κ2) is 7.65. The Morgan fingerprint density at radius 1 is 1.22 bits per heavy atom. The van der Waals surface area contributed by atoms with Gasteiger partial charge in [0.15, 0.2) is 0 Å². The number of carbonyl (C=O) groups is 1. The number of nitrogens with zero attached hydrogens (tertiary/aromatic N) is 1. The van der Waals surface area contributed by atoms with Crippen molar-refractivity contribution in [1.29, 1.82) is 0 Å². The number of hydrogen-bond acceptors (Lipinski definition) is 1. The number of alkyl halides is 1. The first-order valence-corrected chi connectivity index (χ1v) is 8.49. The van der Waals surface area contributed by atoms with Crippen LogP contribution in [0.15, 0.2) is 27.1 Å². The predicted octanol–water partition coefficient (Wildman–Crippen LogP) is 4.85. The van der Waals surface area contributed by atoms with E-state index in [-0.39, 0.29) is 11.9 Å². The summed E-state index contributed by atoms with van der Waals surface area (Å²) in [6, 6.07) is 5.84. The lowest BCUT2D eigenvalue weighted by molar-refractivity contribution is 0.0706. The lowest BCUT2D eigenvalue weighted by Gasteiger charge is -2.26. The summed E-state index contributed by atoms with van der Waals surface area (Å²) in [5.41, 5.74) is 0.708. The molecule has 0 N–H and O–H groups in total. The SMILES string of the molecule is CC(C)N(CCCBr)C(=O)c1cc(Br)cc(Br)c1. The molecule has 0 radical (unpaired) electrons. The number of amides is 1. The van der Waals surface area contributed by atoms with E-state index >= 15 is 0 Å². The molecule has 0 bridgehead atoms. The molecule has 0 aliphatic carbocycles. The molecular formula is C13H16Br3NO. The monoisotopic (exact) mass is 439 g/mol. The van der Waals surface area contributed by atoms with E-state index in [1.165, 1.54) is 0 Å². The molecule has 1 amide bonds. The van der Waals surface area contributed by atoms with Crippen LogP contribution >= 0.6 is 47.8 Å². The van der Waals surface area contributed by atoms with Crippen LogP contribution in [0.2, 0.25) is 0 Å². The van der Waals surface area contributed by atoms with Crippen LogP contribution < -0.4 is 0 Å². The highest BCUT2D eigenvalue weighted by Gasteiger charge is 2.18. The molecule has 2 nitrogen and oxygen atoms in total. The molecule has 1 aromatic rings. The molecule has 0 aliphatic rings. The van der Waals surface area contributed by atoms with E-state index in [1.54, 1.807) is 0 Å². The molecule has 0 fully saturated rings. The summed E-state index contributed by atoms with van der Waals surface area (Å²) in [6.45, 7) is 4.85. The van der Waals surface area contributed by atoms with Gasteiger partial charge in [-0.2, -0.15) is 0 Å². The number of rotatable bonds is 5. The van der Waals surface area contributed by atoms with Crippen LogP contribution in [0, 0.1) is 0 Å². The van der Waals surface area contributed by atoms with Gasteiger partial charge in [0, 0.05) is 32.4 Å². The van der Waals surface area contributed by atoms with Gasteiger partial charge in [-0.15, -0.1) is 0 Å². The topological polar surface area (TPSA) is 20.3 Å². The van der Waals surface area contributed by atoms with Gasteiger partial charge in [0.2, 0.25) is 0 Å². The minimum absolute atomic E-state index is 0.0768. The Kier molecular flexibility index (Phi) is 6.88. The quantitative estimate of drug-likeness (QED) is 0.598. The van der Waals surface area contributed by atoms with Crippen LogP contribution in [0.25, 0.3) is 0 Å². The first kappa shape index (κ1) is 16.2. The third-order valence-corrected chi connectivity index (χ3v) is 4.00. The van der Waals surface area contributed by atoms with Crippen molar-refractivity contribution in [2.45, 2.75) is 26.3 Å². The maximum Gasteiger partial charge on any atom is 0.254 e. The predicted molar refractivity (Wildman–Crippen MR) is 86.4 cm³/mol. The summed E-state index contributed by atoms with van der Waals surface area (Å²) < 4.78 is 1.81. The van der Waals surface area contributed by atoms with Crippen LogP contribution in [0.5, 0.6) is 0 Å². The zero-order valence-corrected chi connectivity index (χ0v) is 15.2. The molecule has 1 aromatic carbocycles. The fraction of sp³-hybridized carbons (Fsp3) is 0.462. The van der Waals surface area contributed by atoms with E-state index < -0.39 is 0 Å². The molecule has 0 saturated carbocycles. The minimum Gasteiger partial charge on any atom is -0.336 e. The Bertz CT molecular complexity index is 400. The fourth-order valence-electron chi connectivity index (χ4n) is 1.67. The van der Waals surface area contributed by atoms with E-state index in [2.05, 4.69) is 47.8 Å². The molecule has 18 heavy (non-hydrogen) atoms. The molecule has 0 atom stereocenters. The van der Waals surface area contributed by atoms with Crippen molar-refractivity contribution >= 4 is 53.7 Å². The molecule has 0 aromatic heterocycles. The molecule has 0 aliphatic heterocycles. The summed E-state index contributed by atoms with van der Waals surface area (Å²) in [5, 5.41) is 0.908. The molecule has 0 unspecified atom stereocenters. The van der Waals surface area contributed by atoms with Gasteiger partial charge >= 0.3 is 0 Å². The molecule has 100 valence electrons. The summed E-state index contributed by atoms with van der Waals surface area (Å²) in [4.78, 5) is 14.4. The van der Waals surface area contributed by atoms with Crippen molar-refractivity contribution < 1.29 is 4.79 Å². The van der Waals surface area contributed by atoms with Crippen LogP contribution in [0.4, 0.5) is 0 Å². The van der Waals surface area contributed by atoms with Gasteiger partial charge in [-0.3, -0.25) is 4.79 Å². The van der Waals surface area contributed by atoms with Crippen molar-refractivity contribution in [3.8, 4) is 0 Å². The highest BCUT2D eigenvalue weighted by atomic mass is 79.9. The van der Waals surface area contributed by atoms with Crippen molar-refractivity contribution in [2.24, 2.45) is 0 Å². The van der Waals surface area contributed by atoms with Gasteiger partial charge in [0.05, 0.1) is 0 Å². The summed E-state index contributed by atoms with van der Waals surface area (Å²) in [7, 11) is 0. The maximum atomic E-state index is 12.5.